The lowest BCUT2D eigenvalue weighted by atomic mass is 9.71. The van der Waals surface area contributed by atoms with Gasteiger partial charge in [0.2, 0.25) is 0 Å². The SMILES string of the molecule is NC1CCC(O)(C2CCCCCC2)CC1. The second kappa shape index (κ2) is 4.84. The average Bonchev–Trinajstić information content (AvgIpc) is 2.51. The van der Waals surface area contributed by atoms with Crippen LogP contribution in [-0.4, -0.2) is 16.7 Å². The van der Waals surface area contributed by atoms with E-state index in [-0.39, 0.29) is 5.60 Å². The molecule has 2 aliphatic rings. The molecule has 0 heterocycles. The summed E-state index contributed by atoms with van der Waals surface area (Å²) in [5, 5.41) is 10.7. The molecular formula is C13H25NO. The van der Waals surface area contributed by atoms with Crippen LogP contribution in [0.5, 0.6) is 0 Å². The van der Waals surface area contributed by atoms with Gasteiger partial charge in [-0.25, -0.2) is 0 Å². The summed E-state index contributed by atoms with van der Waals surface area (Å²) in [6, 6.07) is 0.344. The van der Waals surface area contributed by atoms with Gasteiger partial charge in [0.25, 0.3) is 0 Å². The maximum atomic E-state index is 10.7. The molecule has 2 aliphatic carbocycles. The molecule has 3 N–H and O–H groups in total. The lowest BCUT2D eigenvalue weighted by Gasteiger charge is -2.40. The fourth-order valence-electron chi connectivity index (χ4n) is 3.36. The smallest absolute Gasteiger partial charge is 0.0677 e. The van der Waals surface area contributed by atoms with Crippen molar-refractivity contribution in [2.24, 2.45) is 11.7 Å². The van der Waals surface area contributed by atoms with Gasteiger partial charge >= 0.3 is 0 Å². The molecule has 2 fully saturated rings. The zero-order valence-electron chi connectivity index (χ0n) is 9.75. The summed E-state index contributed by atoms with van der Waals surface area (Å²) in [6.45, 7) is 0. The van der Waals surface area contributed by atoms with Crippen LogP contribution in [0, 0.1) is 5.92 Å². The fraction of sp³-hybridized carbons (Fsp3) is 1.00. The first-order chi connectivity index (χ1) is 7.21. The number of aliphatic hydroxyl groups is 1. The van der Waals surface area contributed by atoms with Crippen LogP contribution in [0.3, 0.4) is 0 Å². The molecule has 2 heteroatoms. The van der Waals surface area contributed by atoms with Gasteiger partial charge in [-0.1, -0.05) is 25.7 Å². The third-order valence-corrected chi connectivity index (χ3v) is 4.51. The Bertz CT molecular complexity index is 189. The van der Waals surface area contributed by atoms with Crippen molar-refractivity contribution in [3.8, 4) is 0 Å². The second-order valence-corrected chi connectivity index (χ2v) is 5.63. The third kappa shape index (κ3) is 2.73. The molecule has 0 aromatic heterocycles. The molecule has 2 rings (SSSR count). The van der Waals surface area contributed by atoms with Gasteiger partial charge in [-0.15, -0.1) is 0 Å². The highest BCUT2D eigenvalue weighted by atomic mass is 16.3. The van der Waals surface area contributed by atoms with Crippen LogP contribution in [0.4, 0.5) is 0 Å². The van der Waals surface area contributed by atoms with Gasteiger partial charge in [-0.3, -0.25) is 0 Å². The molecule has 0 spiro atoms. The molecule has 0 saturated heterocycles. The Hall–Kier alpha value is -0.0800. The Balaban J connectivity index is 1.94. The van der Waals surface area contributed by atoms with E-state index in [0.29, 0.717) is 12.0 Å². The van der Waals surface area contributed by atoms with Gasteiger partial charge in [0.15, 0.2) is 0 Å². The Kier molecular flexibility index (Phi) is 3.68. The first-order valence-corrected chi connectivity index (χ1v) is 6.69. The van der Waals surface area contributed by atoms with Gasteiger partial charge in [0, 0.05) is 6.04 Å². The van der Waals surface area contributed by atoms with Crippen LogP contribution in [0.2, 0.25) is 0 Å². The van der Waals surface area contributed by atoms with Crippen LogP contribution in [-0.2, 0) is 0 Å². The summed E-state index contributed by atoms with van der Waals surface area (Å²) >= 11 is 0. The Labute approximate surface area is 93.2 Å². The average molecular weight is 211 g/mol. The van der Waals surface area contributed by atoms with E-state index in [1.54, 1.807) is 0 Å². The molecule has 0 radical (unpaired) electrons. The predicted molar refractivity (Wildman–Crippen MR) is 62.6 cm³/mol. The zero-order chi connectivity index (χ0) is 10.7. The standard InChI is InChI=1S/C13H25NO/c14-12-7-9-13(15,10-8-12)11-5-3-1-2-4-6-11/h11-12,15H,1-10,14H2. The number of hydrogen-bond acceptors (Lipinski definition) is 2. The molecule has 88 valence electrons. The highest BCUT2D eigenvalue weighted by Gasteiger charge is 2.39. The van der Waals surface area contributed by atoms with E-state index in [1.165, 1.54) is 38.5 Å². The molecule has 2 saturated carbocycles. The Morgan fingerprint density at radius 1 is 0.867 bits per heavy atom. The van der Waals surface area contributed by atoms with Crippen molar-refractivity contribution in [1.29, 1.82) is 0 Å². The monoisotopic (exact) mass is 211 g/mol. The molecule has 0 bridgehead atoms. The molecular weight excluding hydrogens is 186 g/mol. The van der Waals surface area contributed by atoms with Gasteiger partial charge in [-0.05, 0) is 44.4 Å². The minimum Gasteiger partial charge on any atom is -0.390 e. The van der Waals surface area contributed by atoms with Crippen LogP contribution >= 0.6 is 0 Å². The largest absolute Gasteiger partial charge is 0.390 e. The highest BCUT2D eigenvalue weighted by Crippen LogP contribution is 2.40. The van der Waals surface area contributed by atoms with E-state index in [2.05, 4.69) is 0 Å². The predicted octanol–water partition coefficient (Wildman–Crippen LogP) is 2.59. The van der Waals surface area contributed by atoms with Gasteiger partial charge in [0.1, 0.15) is 0 Å². The maximum absolute atomic E-state index is 10.7. The Morgan fingerprint density at radius 2 is 1.40 bits per heavy atom. The summed E-state index contributed by atoms with van der Waals surface area (Å²) in [7, 11) is 0. The quantitative estimate of drug-likeness (QED) is 0.655. The van der Waals surface area contributed by atoms with Gasteiger partial charge in [-0.2, -0.15) is 0 Å². The maximum Gasteiger partial charge on any atom is 0.0677 e. The van der Waals surface area contributed by atoms with Crippen LogP contribution in [0.25, 0.3) is 0 Å². The third-order valence-electron chi connectivity index (χ3n) is 4.51. The zero-order valence-corrected chi connectivity index (χ0v) is 9.75. The minimum atomic E-state index is -0.361. The van der Waals surface area contributed by atoms with Crippen molar-refractivity contribution >= 4 is 0 Å². The van der Waals surface area contributed by atoms with Crippen LogP contribution in [0.15, 0.2) is 0 Å². The molecule has 0 aliphatic heterocycles. The number of nitrogens with two attached hydrogens (primary N) is 1. The number of hydrogen-bond donors (Lipinski definition) is 2. The molecule has 0 amide bonds. The van der Waals surface area contributed by atoms with E-state index in [4.69, 9.17) is 5.73 Å². The lowest BCUT2D eigenvalue weighted by Crippen LogP contribution is -2.44. The summed E-state index contributed by atoms with van der Waals surface area (Å²) < 4.78 is 0. The highest BCUT2D eigenvalue weighted by molar-refractivity contribution is 4.92. The van der Waals surface area contributed by atoms with E-state index in [9.17, 15) is 5.11 Å². The van der Waals surface area contributed by atoms with E-state index >= 15 is 0 Å². The lowest BCUT2D eigenvalue weighted by molar-refractivity contribution is -0.0574. The summed E-state index contributed by atoms with van der Waals surface area (Å²) in [4.78, 5) is 0. The normalized spacial score (nSPS) is 40.0. The molecule has 0 aromatic carbocycles. The molecule has 15 heavy (non-hydrogen) atoms. The van der Waals surface area contributed by atoms with E-state index < -0.39 is 0 Å². The topological polar surface area (TPSA) is 46.2 Å². The van der Waals surface area contributed by atoms with E-state index in [1.807, 2.05) is 0 Å². The Morgan fingerprint density at radius 3 is 1.93 bits per heavy atom. The van der Waals surface area contributed by atoms with Crippen molar-refractivity contribution in [3.05, 3.63) is 0 Å². The van der Waals surface area contributed by atoms with Gasteiger partial charge in [0.05, 0.1) is 5.60 Å². The number of rotatable bonds is 1. The van der Waals surface area contributed by atoms with Crippen molar-refractivity contribution in [2.75, 3.05) is 0 Å². The van der Waals surface area contributed by atoms with Crippen molar-refractivity contribution in [3.63, 3.8) is 0 Å². The molecule has 0 aromatic rings. The van der Waals surface area contributed by atoms with E-state index in [0.717, 1.165) is 25.7 Å². The van der Waals surface area contributed by atoms with Crippen molar-refractivity contribution in [1.82, 2.24) is 0 Å². The molecule has 0 atom stereocenters. The van der Waals surface area contributed by atoms with Crippen molar-refractivity contribution in [2.45, 2.75) is 75.9 Å². The molecule has 2 nitrogen and oxygen atoms in total. The molecule has 0 unspecified atom stereocenters. The second-order valence-electron chi connectivity index (χ2n) is 5.63. The van der Waals surface area contributed by atoms with Crippen molar-refractivity contribution < 1.29 is 5.11 Å². The summed E-state index contributed by atoms with van der Waals surface area (Å²) in [5.74, 6) is 0.562. The first-order valence-electron chi connectivity index (χ1n) is 6.69. The van der Waals surface area contributed by atoms with Crippen LogP contribution < -0.4 is 5.73 Å². The first kappa shape index (κ1) is 11.4. The van der Waals surface area contributed by atoms with Crippen LogP contribution in [0.1, 0.15) is 64.2 Å². The fourth-order valence-corrected chi connectivity index (χ4v) is 3.36. The van der Waals surface area contributed by atoms with Gasteiger partial charge < -0.3 is 10.8 Å². The summed E-state index contributed by atoms with van der Waals surface area (Å²) in [5.41, 5.74) is 5.54. The summed E-state index contributed by atoms with van der Waals surface area (Å²) in [6.07, 6.45) is 11.8. The minimum absolute atomic E-state index is 0.344.